The Morgan fingerprint density at radius 3 is 2.33 bits per heavy atom. The molecule has 0 aliphatic carbocycles. The van der Waals surface area contributed by atoms with Gasteiger partial charge in [0.05, 0.1) is 30.6 Å². The Hall–Kier alpha value is -4.05. The summed E-state index contributed by atoms with van der Waals surface area (Å²) < 4.78 is 10.4. The number of anilines is 1. The van der Waals surface area contributed by atoms with E-state index < -0.39 is 64.2 Å². The fourth-order valence-electron chi connectivity index (χ4n) is 5.23. The molecule has 5 rings (SSSR count). The van der Waals surface area contributed by atoms with Crippen molar-refractivity contribution < 1.29 is 72.9 Å². The molecule has 0 radical (unpaired) electrons. The topological polar surface area (TPSA) is 178 Å². The third kappa shape index (κ3) is 6.52. The second kappa shape index (κ2) is 13.9. The zero-order valence-corrected chi connectivity index (χ0v) is 27.7. The number of aliphatic carboxylic acids is 1. The van der Waals surface area contributed by atoms with E-state index in [1.807, 2.05) is 0 Å². The molecule has 0 saturated carbocycles. The first-order valence-electron chi connectivity index (χ1n) is 13.5. The zero-order valence-electron chi connectivity index (χ0n) is 24.8. The number of ether oxygens (including phenoxy) is 2. The van der Waals surface area contributed by atoms with E-state index in [1.54, 1.807) is 61.5 Å². The number of rotatable bonds is 8. The fraction of sp³-hybridized carbons (Fsp3) is 0.310. The number of esters is 1. The smallest absolute Gasteiger partial charge is 0.543 e. The Bertz CT molecular complexity index is 1570. The van der Waals surface area contributed by atoms with Gasteiger partial charge in [-0.1, -0.05) is 42.5 Å². The zero-order chi connectivity index (χ0) is 31.7. The summed E-state index contributed by atoms with van der Waals surface area (Å²) in [7, 11) is 1.47. The van der Waals surface area contributed by atoms with Crippen LogP contribution in [0.25, 0.3) is 0 Å². The van der Waals surface area contributed by atoms with Crippen LogP contribution in [-0.4, -0.2) is 82.5 Å². The number of hydrogen-bond acceptors (Lipinski definition) is 10. The Labute approximate surface area is 284 Å². The third-order valence-corrected chi connectivity index (χ3v) is 8.65. The minimum Gasteiger partial charge on any atom is -0.543 e. The summed E-state index contributed by atoms with van der Waals surface area (Å²) in [5.41, 5.74) is 0.293. The molecule has 3 aliphatic rings. The Kier molecular flexibility index (Phi) is 10.5. The molecule has 3 heterocycles. The first kappa shape index (κ1) is 33.8. The number of carbonyl (C=O) groups is 6. The van der Waals surface area contributed by atoms with Gasteiger partial charge in [0.2, 0.25) is 5.91 Å². The van der Waals surface area contributed by atoms with Gasteiger partial charge in [-0.3, -0.25) is 24.2 Å². The Balaban J connectivity index is 0.00000461. The first-order chi connectivity index (χ1) is 21.0. The number of hydrogen-bond donors (Lipinski definition) is 2. The number of fused-ring (bicyclic) bond motifs is 1. The minimum atomic E-state index is -1.71. The van der Waals surface area contributed by atoms with Crippen LogP contribution in [0.1, 0.15) is 25.5 Å². The van der Waals surface area contributed by atoms with Crippen LogP contribution in [-0.2, 0) is 23.9 Å². The summed E-state index contributed by atoms with van der Waals surface area (Å²) in [5, 5.41) is 15.7. The monoisotopic (exact) mass is 645 g/mol. The average Bonchev–Trinajstić information content (AvgIpc) is 3.40. The Morgan fingerprint density at radius 1 is 1.02 bits per heavy atom. The molecule has 2 aromatic carbocycles. The molecule has 4 atom stereocenters. The molecule has 230 valence electrons. The van der Waals surface area contributed by atoms with Gasteiger partial charge in [-0.25, -0.2) is 14.5 Å². The number of benzene rings is 2. The van der Waals surface area contributed by atoms with Crippen LogP contribution < -0.4 is 54.9 Å². The maximum atomic E-state index is 13.6. The van der Waals surface area contributed by atoms with Gasteiger partial charge in [0.1, 0.15) is 34.7 Å². The van der Waals surface area contributed by atoms with Gasteiger partial charge in [-0.2, -0.15) is 0 Å². The number of carbonyl (C=O) groups excluding carboxylic acids is 6. The van der Waals surface area contributed by atoms with Crippen LogP contribution in [0.5, 0.6) is 5.75 Å². The van der Waals surface area contributed by atoms with Crippen molar-refractivity contribution in [1.29, 1.82) is 0 Å². The number of para-hydroxylation sites is 2. The number of urea groups is 2. The summed E-state index contributed by atoms with van der Waals surface area (Å²) in [6, 6.07) is 11.2. The van der Waals surface area contributed by atoms with E-state index in [4.69, 9.17) is 9.47 Å². The normalized spacial score (nSPS) is 21.2. The van der Waals surface area contributed by atoms with Gasteiger partial charge < -0.3 is 30.0 Å². The van der Waals surface area contributed by atoms with Crippen molar-refractivity contribution in [3.05, 3.63) is 71.6 Å². The number of imide groups is 1. The SMILES string of the molecule is COc1ccccc1N1CCN(C(=O)N[C@@H](C(=O)NC2C(=O)N3C(C(=O)[O-])=C(OC(C)=O)C(C)S[C@H]23)c2ccccc2)C1=O.[Na+]. The maximum Gasteiger partial charge on any atom is 1.00 e. The van der Waals surface area contributed by atoms with Crippen LogP contribution in [0.4, 0.5) is 15.3 Å². The van der Waals surface area contributed by atoms with E-state index in [2.05, 4.69) is 10.6 Å². The first-order valence-corrected chi connectivity index (χ1v) is 14.5. The molecular weight excluding hydrogens is 617 g/mol. The van der Waals surface area contributed by atoms with Crippen LogP contribution in [0.15, 0.2) is 66.1 Å². The maximum absolute atomic E-state index is 13.6. The van der Waals surface area contributed by atoms with Crippen molar-refractivity contribution in [3.63, 3.8) is 0 Å². The molecule has 0 aromatic heterocycles. The van der Waals surface area contributed by atoms with Gasteiger partial charge in [-0.15, -0.1) is 11.8 Å². The second-order valence-corrected chi connectivity index (χ2v) is 11.5. The molecule has 2 fully saturated rings. The predicted octanol–water partition coefficient (Wildman–Crippen LogP) is -2.29. The molecule has 6 amide bonds. The number of nitrogens with zero attached hydrogens (tertiary/aromatic N) is 3. The standard InChI is InChI=1S/C29H29N5O9S.Na/c1-15-23(43-16(2)35)22(27(38)39)34-25(37)21(26(34)44-15)30-24(36)20(17-9-5-4-6-10-17)31-28(40)33-14-13-32(29(33)41)18-11-7-8-12-19(18)42-3;/h4-12,15,20-21,26H,13-14H2,1-3H3,(H,30,36)(H,31,40)(H,38,39);/q;+1/p-1/t15?,20-,21?,26-;/m1./s1. The summed E-state index contributed by atoms with van der Waals surface area (Å²) in [4.78, 5) is 80.1. The number of thioether (sulfide) groups is 1. The molecule has 0 bridgehead atoms. The summed E-state index contributed by atoms with van der Waals surface area (Å²) in [5.74, 6) is -3.74. The van der Waals surface area contributed by atoms with Crippen LogP contribution in [0, 0.1) is 0 Å². The summed E-state index contributed by atoms with van der Waals surface area (Å²) >= 11 is 1.11. The van der Waals surface area contributed by atoms with E-state index in [0.717, 1.165) is 28.5 Å². The molecule has 14 nitrogen and oxygen atoms in total. The molecule has 16 heteroatoms. The molecule has 2 N–H and O–H groups in total. The van der Waals surface area contributed by atoms with Crippen molar-refractivity contribution in [3.8, 4) is 5.75 Å². The number of nitrogens with one attached hydrogen (secondary N) is 2. The molecule has 45 heavy (non-hydrogen) atoms. The van der Waals surface area contributed by atoms with Crippen molar-refractivity contribution in [2.45, 2.75) is 36.6 Å². The number of methoxy groups -OCH3 is 1. The van der Waals surface area contributed by atoms with Crippen molar-refractivity contribution >= 4 is 53.3 Å². The molecule has 0 spiro atoms. The largest absolute Gasteiger partial charge is 1.00 e. The molecular formula is C29H28N5NaO9S. The third-order valence-electron chi connectivity index (χ3n) is 7.27. The number of β-lactam (4-membered cyclic amide) rings is 1. The van der Waals surface area contributed by atoms with Gasteiger partial charge in [0, 0.05) is 13.5 Å². The summed E-state index contributed by atoms with van der Waals surface area (Å²) in [6.45, 7) is 2.94. The van der Waals surface area contributed by atoms with Crippen LogP contribution >= 0.6 is 11.8 Å². The quantitative estimate of drug-likeness (QED) is 0.180. The average molecular weight is 646 g/mol. The van der Waals surface area contributed by atoms with Gasteiger partial charge in [0.25, 0.3) is 5.91 Å². The number of carboxylic acid groups (broad SMARTS) is 1. The molecule has 2 saturated heterocycles. The van der Waals surface area contributed by atoms with Crippen molar-refractivity contribution in [2.75, 3.05) is 25.1 Å². The van der Waals surface area contributed by atoms with E-state index in [0.29, 0.717) is 17.0 Å². The number of carboxylic acids is 1. The molecule has 2 unspecified atom stereocenters. The van der Waals surface area contributed by atoms with E-state index in [1.165, 1.54) is 12.0 Å². The van der Waals surface area contributed by atoms with Crippen molar-refractivity contribution in [2.24, 2.45) is 0 Å². The van der Waals surface area contributed by atoms with E-state index >= 15 is 0 Å². The second-order valence-electron chi connectivity index (χ2n) is 10.0. The van der Waals surface area contributed by atoms with Crippen molar-refractivity contribution in [1.82, 2.24) is 20.4 Å². The van der Waals surface area contributed by atoms with Crippen LogP contribution in [0.3, 0.4) is 0 Å². The predicted molar refractivity (Wildman–Crippen MR) is 154 cm³/mol. The van der Waals surface area contributed by atoms with E-state index in [9.17, 15) is 33.9 Å². The molecule has 2 aromatic rings. The van der Waals surface area contributed by atoms with Gasteiger partial charge in [0.15, 0.2) is 0 Å². The van der Waals surface area contributed by atoms with Gasteiger partial charge in [-0.05, 0) is 24.6 Å². The number of amides is 6. The Morgan fingerprint density at radius 2 is 1.69 bits per heavy atom. The van der Waals surface area contributed by atoms with Gasteiger partial charge >= 0.3 is 47.6 Å². The molecule has 3 aliphatic heterocycles. The fourth-order valence-corrected chi connectivity index (χ4v) is 6.60. The van der Waals surface area contributed by atoms with E-state index in [-0.39, 0.29) is 48.4 Å². The minimum absolute atomic E-state index is 0. The van der Waals surface area contributed by atoms with Crippen LogP contribution in [0.2, 0.25) is 0 Å². The summed E-state index contributed by atoms with van der Waals surface area (Å²) in [6.07, 6.45) is 0.